The zero-order valence-electron chi connectivity index (χ0n) is 11.5. The predicted octanol–water partition coefficient (Wildman–Crippen LogP) is 4.06. The fourth-order valence-electron chi connectivity index (χ4n) is 2.00. The molecular weight excluding hydrogens is 271 g/mol. The van der Waals surface area contributed by atoms with Gasteiger partial charge in [0.1, 0.15) is 5.75 Å². The molecule has 3 nitrogen and oxygen atoms in total. The highest BCUT2D eigenvalue weighted by molar-refractivity contribution is 7.53. The first kappa shape index (κ1) is 14.8. The Kier molecular flexibility index (Phi) is 4.99. The van der Waals surface area contributed by atoms with Gasteiger partial charge in [-0.2, -0.15) is 0 Å². The molecule has 0 aromatic heterocycles. The van der Waals surface area contributed by atoms with Crippen LogP contribution >= 0.6 is 7.60 Å². The number of benzene rings is 2. The van der Waals surface area contributed by atoms with E-state index >= 15 is 0 Å². The molecule has 0 spiro atoms. The van der Waals surface area contributed by atoms with Gasteiger partial charge in [0.05, 0.1) is 6.16 Å². The van der Waals surface area contributed by atoms with Crippen LogP contribution in [0, 0.1) is 0 Å². The summed E-state index contributed by atoms with van der Waals surface area (Å²) in [7, 11) is -3.62. The lowest BCUT2D eigenvalue weighted by molar-refractivity contribution is 0.378. The van der Waals surface area contributed by atoms with Gasteiger partial charge in [-0.3, -0.25) is 0 Å². The molecule has 0 aliphatic carbocycles. The first-order chi connectivity index (χ1) is 9.61. The molecule has 0 saturated carbocycles. The molecule has 0 heterocycles. The molecule has 0 radical (unpaired) electrons. The molecule has 106 valence electrons. The highest BCUT2D eigenvalue weighted by Gasteiger charge is 2.21. The van der Waals surface area contributed by atoms with E-state index in [1.54, 1.807) is 6.07 Å². The van der Waals surface area contributed by atoms with Crippen LogP contribution in [0.5, 0.6) is 5.75 Å². The summed E-state index contributed by atoms with van der Waals surface area (Å²) in [6.07, 6.45) is 1.42. The molecule has 1 N–H and O–H groups in total. The Labute approximate surface area is 119 Å². The average Bonchev–Trinajstić information content (AvgIpc) is 2.47. The maximum absolute atomic E-state index is 12.2. The van der Waals surface area contributed by atoms with Crippen LogP contribution in [0.2, 0.25) is 0 Å². The third-order valence-electron chi connectivity index (χ3n) is 3.12. The van der Waals surface area contributed by atoms with Crippen molar-refractivity contribution in [2.75, 3.05) is 6.16 Å². The monoisotopic (exact) mass is 290 g/mol. The molecule has 0 aliphatic heterocycles. The summed E-state index contributed by atoms with van der Waals surface area (Å²) in [6.45, 7) is 1.99. The largest absolute Gasteiger partial charge is 0.424 e. The van der Waals surface area contributed by atoms with Crippen molar-refractivity contribution in [3.05, 3.63) is 65.7 Å². The standard InChI is InChI=1S/C16H19O3P/c1-2-15-10-6-7-11-16(15)19-20(17,18)13-12-14-8-4-3-5-9-14/h3-11H,2,12-13H2,1H3,(H,17,18). The summed E-state index contributed by atoms with van der Waals surface area (Å²) in [5, 5.41) is 0. The van der Waals surface area contributed by atoms with Crippen molar-refractivity contribution < 1.29 is 14.0 Å². The van der Waals surface area contributed by atoms with Crippen molar-refractivity contribution in [3.63, 3.8) is 0 Å². The molecule has 0 saturated heterocycles. The normalized spacial score (nSPS) is 13.7. The van der Waals surface area contributed by atoms with Gasteiger partial charge < -0.3 is 9.42 Å². The first-order valence-corrected chi connectivity index (χ1v) is 8.50. The Morgan fingerprint density at radius 2 is 1.70 bits per heavy atom. The van der Waals surface area contributed by atoms with Crippen LogP contribution in [0.1, 0.15) is 18.1 Å². The van der Waals surface area contributed by atoms with Crippen molar-refractivity contribution in [3.8, 4) is 5.75 Å². The van der Waals surface area contributed by atoms with Crippen LogP contribution in [-0.4, -0.2) is 11.1 Å². The second kappa shape index (κ2) is 6.74. The van der Waals surface area contributed by atoms with E-state index in [-0.39, 0.29) is 6.16 Å². The Morgan fingerprint density at radius 3 is 2.40 bits per heavy atom. The van der Waals surface area contributed by atoms with Gasteiger partial charge in [0.25, 0.3) is 0 Å². The molecule has 0 fully saturated rings. The Hall–Kier alpha value is -1.57. The van der Waals surface area contributed by atoms with Gasteiger partial charge >= 0.3 is 7.60 Å². The number of aryl methyl sites for hydroxylation is 2. The van der Waals surface area contributed by atoms with E-state index in [1.807, 2.05) is 55.5 Å². The number of para-hydroxylation sites is 1. The third-order valence-corrected chi connectivity index (χ3v) is 4.39. The molecular formula is C16H19O3P. The lowest BCUT2D eigenvalue weighted by atomic mass is 10.1. The summed E-state index contributed by atoms with van der Waals surface area (Å²) in [4.78, 5) is 9.98. The van der Waals surface area contributed by atoms with E-state index in [2.05, 4.69) is 0 Å². The molecule has 1 atom stereocenters. The van der Waals surface area contributed by atoms with Crippen LogP contribution in [0.3, 0.4) is 0 Å². The second-order valence-electron chi connectivity index (χ2n) is 4.65. The van der Waals surface area contributed by atoms with Crippen LogP contribution in [0.4, 0.5) is 0 Å². The summed E-state index contributed by atoms with van der Waals surface area (Å²) >= 11 is 0. The molecule has 4 heteroatoms. The summed E-state index contributed by atoms with van der Waals surface area (Å²) < 4.78 is 17.5. The summed E-state index contributed by atoms with van der Waals surface area (Å²) in [6, 6.07) is 17.0. The quantitative estimate of drug-likeness (QED) is 0.816. The average molecular weight is 290 g/mol. The fraction of sp³-hybridized carbons (Fsp3) is 0.250. The number of hydrogen-bond acceptors (Lipinski definition) is 2. The van der Waals surface area contributed by atoms with Crippen molar-refractivity contribution in [2.24, 2.45) is 0 Å². The smallest absolute Gasteiger partial charge is 0.376 e. The zero-order valence-corrected chi connectivity index (χ0v) is 12.4. The number of rotatable bonds is 6. The molecule has 0 bridgehead atoms. The summed E-state index contributed by atoms with van der Waals surface area (Å²) in [5.41, 5.74) is 1.98. The highest BCUT2D eigenvalue weighted by atomic mass is 31.2. The molecule has 0 amide bonds. The third kappa shape index (κ3) is 4.22. The Bertz CT molecular complexity index is 596. The van der Waals surface area contributed by atoms with E-state index < -0.39 is 7.60 Å². The van der Waals surface area contributed by atoms with Crippen molar-refractivity contribution in [2.45, 2.75) is 19.8 Å². The molecule has 2 rings (SSSR count). The van der Waals surface area contributed by atoms with Gasteiger partial charge in [0.2, 0.25) is 0 Å². The van der Waals surface area contributed by atoms with E-state index in [0.29, 0.717) is 12.2 Å². The highest BCUT2D eigenvalue weighted by Crippen LogP contribution is 2.44. The van der Waals surface area contributed by atoms with Crippen molar-refractivity contribution in [1.82, 2.24) is 0 Å². The van der Waals surface area contributed by atoms with Gasteiger partial charge in [0, 0.05) is 0 Å². The minimum absolute atomic E-state index is 0.120. The van der Waals surface area contributed by atoms with Gasteiger partial charge in [-0.1, -0.05) is 55.5 Å². The van der Waals surface area contributed by atoms with Gasteiger partial charge in [-0.25, -0.2) is 4.57 Å². The zero-order chi connectivity index (χ0) is 14.4. The van der Waals surface area contributed by atoms with Crippen molar-refractivity contribution in [1.29, 1.82) is 0 Å². The maximum atomic E-state index is 12.2. The van der Waals surface area contributed by atoms with E-state index in [4.69, 9.17) is 4.52 Å². The fourth-order valence-corrected chi connectivity index (χ4v) is 3.12. The topological polar surface area (TPSA) is 46.5 Å². The summed E-state index contributed by atoms with van der Waals surface area (Å²) in [5.74, 6) is 0.508. The lowest BCUT2D eigenvalue weighted by Gasteiger charge is -2.15. The first-order valence-electron chi connectivity index (χ1n) is 6.74. The van der Waals surface area contributed by atoms with E-state index in [0.717, 1.165) is 17.5 Å². The molecule has 2 aromatic carbocycles. The maximum Gasteiger partial charge on any atom is 0.376 e. The SMILES string of the molecule is CCc1ccccc1OP(=O)(O)CCc1ccccc1. The van der Waals surface area contributed by atoms with Crippen LogP contribution < -0.4 is 4.52 Å². The van der Waals surface area contributed by atoms with E-state index in [1.165, 1.54) is 0 Å². The molecule has 2 aromatic rings. The van der Waals surface area contributed by atoms with Crippen LogP contribution in [-0.2, 0) is 17.4 Å². The van der Waals surface area contributed by atoms with Crippen LogP contribution in [0.15, 0.2) is 54.6 Å². The molecule has 20 heavy (non-hydrogen) atoms. The minimum atomic E-state index is -3.62. The Balaban J connectivity index is 2.02. The van der Waals surface area contributed by atoms with Gasteiger partial charge in [-0.15, -0.1) is 0 Å². The second-order valence-corrected chi connectivity index (χ2v) is 6.55. The molecule has 0 aliphatic rings. The van der Waals surface area contributed by atoms with E-state index in [9.17, 15) is 9.46 Å². The lowest BCUT2D eigenvalue weighted by Crippen LogP contribution is -2.02. The Morgan fingerprint density at radius 1 is 1.05 bits per heavy atom. The minimum Gasteiger partial charge on any atom is -0.424 e. The molecule has 1 unspecified atom stereocenters. The van der Waals surface area contributed by atoms with Crippen LogP contribution in [0.25, 0.3) is 0 Å². The van der Waals surface area contributed by atoms with Gasteiger partial charge in [0.15, 0.2) is 0 Å². The predicted molar refractivity (Wildman–Crippen MR) is 81.3 cm³/mol. The van der Waals surface area contributed by atoms with Gasteiger partial charge in [-0.05, 0) is 30.0 Å². The number of hydrogen-bond donors (Lipinski definition) is 1. The van der Waals surface area contributed by atoms with Crippen molar-refractivity contribution >= 4 is 7.60 Å².